The van der Waals surface area contributed by atoms with Crippen molar-refractivity contribution in [2.45, 2.75) is 51.6 Å². The van der Waals surface area contributed by atoms with Gasteiger partial charge in [0, 0.05) is 6.42 Å². The molecule has 1 aliphatic rings. The van der Waals surface area contributed by atoms with Crippen LogP contribution in [0.15, 0.2) is 11.4 Å². The molecule has 1 heterocycles. The molecule has 0 radical (unpaired) electrons. The minimum Gasteiger partial charge on any atom is -0.453 e. The first-order valence-electron chi connectivity index (χ1n) is 7.85. The molecule has 0 bridgehead atoms. The van der Waals surface area contributed by atoms with Gasteiger partial charge in [-0.15, -0.1) is 11.3 Å². The number of anilines is 1. The lowest BCUT2D eigenvalue weighted by atomic mass is 10.0. The third-order valence-electron chi connectivity index (χ3n) is 4.08. The van der Waals surface area contributed by atoms with Crippen LogP contribution >= 0.6 is 11.3 Å². The number of primary amides is 1. The van der Waals surface area contributed by atoms with Gasteiger partial charge >= 0.3 is 5.97 Å². The Morgan fingerprint density at radius 2 is 2.09 bits per heavy atom. The molecule has 3 N–H and O–H groups in total. The molecule has 0 aromatic carbocycles. The van der Waals surface area contributed by atoms with Gasteiger partial charge in [-0.05, 0) is 30.7 Å². The van der Waals surface area contributed by atoms with Crippen LogP contribution in [-0.4, -0.2) is 23.9 Å². The highest BCUT2D eigenvalue weighted by molar-refractivity contribution is 7.14. The van der Waals surface area contributed by atoms with Crippen molar-refractivity contribution in [3.63, 3.8) is 0 Å². The van der Waals surface area contributed by atoms with E-state index in [2.05, 4.69) is 5.32 Å². The summed E-state index contributed by atoms with van der Waals surface area (Å²) in [5, 5.41) is 4.61. The Morgan fingerprint density at radius 1 is 1.39 bits per heavy atom. The number of rotatable bonds is 7. The Hall–Kier alpha value is -1.89. The first-order chi connectivity index (χ1) is 11.0. The van der Waals surface area contributed by atoms with Crippen molar-refractivity contribution in [2.75, 3.05) is 5.32 Å². The van der Waals surface area contributed by atoms with Gasteiger partial charge in [0.1, 0.15) is 5.00 Å². The Kier molecular flexibility index (Phi) is 6.15. The summed E-state index contributed by atoms with van der Waals surface area (Å²) < 4.78 is 5.16. The topological polar surface area (TPSA) is 98.5 Å². The van der Waals surface area contributed by atoms with Crippen LogP contribution in [0, 0.1) is 5.92 Å². The minimum atomic E-state index is -0.908. The number of ether oxygens (including phenoxy) is 1. The van der Waals surface area contributed by atoms with Crippen LogP contribution in [0.3, 0.4) is 0 Å². The van der Waals surface area contributed by atoms with E-state index in [0.29, 0.717) is 17.3 Å². The van der Waals surface area contributed by atoms with Gasteiger partial charge in [-0.2, -0.15) is 0 Å². The number of carbonyl (C=O) groups is 3. The standard InChI is InChI=1S/C16H22N2O4S/c1-10(22-13(19)7-6-11-4-2-3-5-11)15(21)18-16-12(14(17)20)8-9-23-16/h8-11H,2-7H2,1H3,(H2,17,20)(H,18,21). The largest absolute Gasteiger partial charge is 0.453 e. The van der Waals surface area contributed by atoms with Crippen LogP contribution in [-0.2, 0) is 14.3 Å². The predicted molar refractivity (Wildman–Crippen MR) is 88.2 cm³/mol. The molecule has 0 spiro atoms. The average Bonchev–Trinajstić information content (AvgIpc) is 3.16. The summed E-state index contributed by atoms with van der Waals surface area (Å²) in [4.78, 5) is 35.1. The molecular formula is C16H22N2O4S. The van der Waals surface area contributed by atoms with Crippen molar-refractivity contribution in [1.82, 2.24) is 0 Å². The fourth-order valence-electron chi connectivity index (χ4n) is 2.74. The lowest BCUT2D eigenvalue weighted by molar-refractivity contribution is -0.153. The number of esters is 1. The summed E-state index contributed by atoms with van der Waals surface area (Å²) in [5.74, 6) is -0.830. The molecular weight excluding hydrogens is 316 g/mol. The number of carbonyl (C=O) groups excluding carboxylic acids is 3. The van der Waals surface area contributed by atoms with Gasteiger partial charge in [0.15, 0.2) is 6.10 Å². The van der Waals surface area contributed by atoms with E-state index in [9.17, 15) is 14.4 Å². The molecule has 126 valence electrons. The number of amides is 2. The van der Waals surface area contributed by atoms with Gasteiger partial charge in [-0.3, -0.25) is 14.4 Å². The molecule has 0 aliphatic heterocycles. The SMILES string of the molecule is CC(OC(=O)CCC1CCCC1)C(=O)Nc1sccc1C(N)=O. The molecule has 1 saturated carbocycles. The van der Waals surface area contributed by atoms with E-state index in [0.717, 1.165) is 6.42 Å². The summed E-state index contributed by atoms with van der Waals surface area (Å²) in [7, 11) is 0. The van der Waals surface area contributed by atoms with Crippen LogP contribution in [0.5, 0.6) is 0 Å². The number of hydrogen-bond donors (Lipinski definition) is 2. The Labute approximate surface area is 139 Å². The number of nitrogens with one attached hydrogen (secondary N) is 1. The van der Waals surface area contributed by atoms with Crippen LogP contribution in [0.2, 0.25) is 0 Å². The second-order valence-corrected chi connectivity index (χ2v) is 6.75. The van der Waals surface area contributed by atoms with Gasteiger partial charge < -0.3 is 15.8 Å². The number of thiophene rings is 1. The Bertz CT molecular complexity index is 578. The molecule has 1 fully saturated rings. The third kappa shape index (κ3) is 5.06. The number of hydrogen-bond acceptors (Lipinski definition) is 5. The Balaban J connectivity index is 1.78. The second-order valence-electron chi connectivity index (χ2n) is 5.84. The molecule has 23 heavy (non-hydrogen) atoms. The molecule has 1 aromatic heterocycles. The van der Waals surface area contributed by atoms with E-state index in [1.165, 1.54) is 43.9 Å². The highest BCUT2D eigenvalue weighted by Crippen LogP contribution is 2.28. The minimum absolute atomic E-state index is 0.253. The molecule has 7 heteroatoms. The maximum atomic E-state index is 12.0. The van der Waals surface area contributed by atoms with Gasteiger partial charge in [-0.1, -0.05) is 25.7 Å². The number of nitrogens with two attached hydrogens (primary N) is 1. The fraction of sp³-hybridized carbons (Fsp3) is 0.562. The van der Waals surface area contributed by atoms with Crippen molar-refractivity contribution < 1.29 is 19.1 Å². The predicted octanol–water partition coefficient (Wildman–Crippen LogP) is 2.69. The van der Waals surface area contributed by atoms with Crippen LogP contribution in [0.4, 0.5) is 5.00 Å². The van der Waals surface area contributed by atoms with Crippen LogP contribution < -0.4 is 11.1 Å². The lowest BCUT2D eigenvalue weighted by Gasteiger charge is -2.14. The van der Waals surface area contributed by atoms with E-state index in [-0.39, 0.29) is 11.5 Å². The van der Waals surface area contributed by atoms with Crippen molar-refractivity contribution >= 4 is 34.1 Å². The van der Waals surface area contributed by atoms with Gasteiger partial charge in [0.2, 0.25) is 0 Å². The second kappa shape index (κ2) is 8.10. The molecule has 2 rings (SSSR count). The van der Waals surface area contributed by atoms with E-state index in [1.807, 2.05) is 0 Å². The van der Waals surface area contributed by atoms with E-state index < -0.39 is 17.9 Å². The normalized spacial score (nSPS) is 16.0. The average molecular weight is 338 g/mol. The zero-order chi connectivity index (χ0) is 16.8. The zero-order valence-electron chi connectivity index (χ0n) is 13.2. The van der Waals surface area contributed by atoms with Crippen molar-refractivity contribution in [3.8, 4) is 0 Å². The maximum Gasteiger partial charge on any atom is 0.306 e. The van der Waals surface area contributed by atoms with Gasteiger partial charge in [0.25, 0.3) is 11.8 Å². The highest BCUT2D eigenvalue weighted by atomic mass is 32.1. The summed E-state index contributed by atoms with van der Waals surface area (Å²) in [6.45, 7) is 1.51. The van der Waals surface area contributed by atoms with Gasteiger partial charge in [0.05, 0.1) is 5.56 Å². The molecule has 1 unspecified atom stereocenters. The smallest absolute Gasteiger partial charge is 0.306 e. The van der Waals surface area contributed by atoms with Crippen molar-refractivity contribution in [2.24, 2.45) is 11.7 Å². The monoisotopic (exact) mass is 338 g/mol. The van der Waals surface area contributed by atoms with E-state index >= 15 is 0 Å². The Morgan fingerprint density at radius 3 is 2.74 bits per heavy atom. The summed E-state index contributed by atoms with van der Waals surface area (Å²) in [6, 6.07) is 1.54. The highest BCUT2D eigenvalue weighted by Gasteiger charge is 2.22. The fourth-order valence-corrected chi connectivity index (χ4v) is 3.54. The molecule has 1 aromatic rings. The third-order valence-corrected chi connectivity index (χ3v) is 4.91. The molecule has 2 amide bonds. The quantitative estimate of drug-likeness (QED) is 0.747. The van der Waals surface area contributed by atoms with E-state index in [4.69, 9.17) is 10.5 Å². The van der Waals surface area contributed by atoms with Crippen molar-refractivity contribution in [3.05, 3.63) is 17.0 Å². The summed E-state index contributed by atoms with van der Waals surface area (Å²) in [6.07, 6.45) is 5.09. The summed E-state index contributed by atoms with van der Waals surface area (Å²) in [5.41, 5.74) is 5.47. The molecule has 0 saturated heterocycles. The maximum absolute atomic E-state index is 12.0. The summed E-state index contributed by atoms with van der Waals surface area (Å²) >= 11 is 1.20. The lowest BCUT2D eigenvalue weighted by Crippen LogP contribution is -2.30. The molecule has 6 nitrogen and oxygen atoms in total. The van der Waals surface area contributed by atoms with Gasteiger partial charge in [-0.25, -0.2) is 0 Å². The van der Waals surface area contributed by atoms with Crippen molar-refractivity contribution in [1.29, 1.82) is 0 Å². The van der Waals surface area contributed by atoms with E-state index in [1.54, 1.807) is 11.4 Å². The molecule has 1 aliphatic carbocycles. The van der Waals surface area contributed by atoms with Crippen LogP contribution in [0.1, 0.15) is 55.8 Å². The zero-order valence-corrected chi connectivity index (χ0v) is 14.0. The van der Waals surface area contributed by atoms with Crippen LogP contribution in [0.25, 0.3) is 0 Å². The molecule has 1 atom stereocenters. The first kappa shape index (κ1) is 17.5. The first-order valence-corrected chi connectivity index (χ1v) is 8.73.